The molecule has 156 valence electrons. The monoisotopic (exact) mass is 435 g/mol. The van der Waals surface area contributed by atoms with Gasteiger partial charge < -0.3 is 10.3 Å². The Hall–Kier alpha value is -2.35. The Morgan fingerprint density at radius 3 is 2.28 bits per heavy atom. The second-order valence-corrected chi connectivity index (χ2v) is 9.08. The van der Waals surface area contributed by atoms with Gasteiger partial charge in [-0.2, -0.15) is 0 Å². The predicted molar refractivity (Wildman–Crippen MR) is 122 cm³/mol. The zero-order valence-corrected chi connectivity index (χ0v) is 18.3. The van der Waals surface area contributed by atoms with Crippen molar-refractivity contribution in [3.8, 4) is 11.1 Å². The first-order chi connectivity index (χ1) is 13.2. The van der Waals surface area contributed by atoms with Crippen molar-refractivity contribution >= 4 is 38.9 Å². The first kappa shape index (κ1) is 22.9. The highest BCUT2D eigenvalue weighted by Crippen LogP contribution is 2.32. The number of hydrogen-bond donors (Lipinski definition) is 2. The van der Waals surface area contributed by atoms with Crippen molar-refractivity contribution < 1.29 is 8.42 Å². The van der Waals surface area contributed by atoms with Crippen molar-refractivity contribution in [3.63, 3.8) is 0 Å². The standard InChI is InChI=1S/C21H25N3O3S.ClH/c1-14(2)13-24-19(12-22)20(15-7-5-4-6-8-15)18-11-16(23-28(3,26)27)9-10-17(18)21(24)25;/h4-11,14,23H,12-13,22H2,1-3H3;1H. The summed E-state index contributed by atoms with van der Waals surface area (Å²) < 4.78 is 27.6. The molecule has 0 atom stereocenters. The maximum absolute atomic E-state index is 13.2. The van der Waals surface area contributed by atoms with E-state index in [-0.39, 0.29) is 30.4 Å². The Morgan fingerprint density at radius 1 is 1.07 bits per heavy atom. The number of sulfonamides is 1. The molecule has 0 amide bonds. The maximum atomic E-state index is 13.2. The molecule has 1 heterocycles. The van der Waals surface area contributed by atoms with Crippen LogP contribution in [0.1, 0.15) is 19.5 Å². The molecule has 8 heteroatoms. The van der Waals surface area contributed by atoms with E-state index in [1.807, 2.05) is 30.3 Å². The lowest BCUT2D eigenvalue weighted by molar-refractivity contribution is 0.499. The van der Waals surface area contributed by atoms with Crippen LogP contribution in [0, 0.1) is 5.92 Å². The fourth-order valence-electron chi connectivity index (χ4n) is 3.47. The van der Waals surface area contributed by atoms with Crippen LogP contribution >= 0.6 is 12.4 Å². The molecule has 3 aromatic rings. The largest absolute Gasteiger partial charge is 0.325 e. The molecule has 0 saturated carbocycles. The van der Waals surface area contributed by atoms with Gasteiger partial charge in [-0.05, 0) is 35.1 Å². The van der Waals surface area contributed by atoms with E-state index in [4.69, 9.17) is 5.73 Å². The van der Waals surface area contributed by atoms with Gasteiger partial charge in [0.25, 0.3) is 5.56 Å². The first-order valence-corrected chi connectivity index (χ1v) is 11.0. The van der Waals surface area contributed by atoms with Crippen molar-refractivity contribution in [3.05, 3.63) is 64.6 Å². The number of pyridine rings is 1. The van der Waals surface area contributed by atoms with Crippen molar-refractivity contribution in [1.29, 1.82) is 0 Å². The van der Waals surface area contributed by atoms with Gasteiger partial charge in [-0.1, -0.05) is 44.2 Å². The van der Waals surface area contributed by atoms with Gasteiger partial charge in [0, 0.05) is 35.4 Å². The fourth-order valence-corrected chi connectivity index (χ4v) is 4.03. The van der Waals surface area contributed by atoms with Crippen molar-refractivity contribution in [2.45, 2.75) is 26.9 Å². The number of hydrogen-bond acceptors (Lipinski definition) is 4. The molecule has 3 rings (SSSR count). The van der Waals surface area contributed by atoms with E-state index in [0.29, 0.717) is 23.0 Å². The number of rotatable bonds is 6. The smallest absolute Gasteiger partial charge is 0.258 e. The van der Waals surface area contributed by atoms with Crippen molar-refractivity contribution in [1.82, 2.24) is 4.57 Å². The van der Waals surface area contributed by atoms with E-state index in [9.17, 15) is 13.2 Å². The van der Waals surface area contributed by atoms with E-state index in [0.717, 1.165) is 23.1 Å². The molecule has 0 unspecified atom stereocenters. The quantitative estimate of drug-likeness (QED) is 0.618. The third-order valence-electron chi connectivity index (χ3n) is 4.49. The van der Waals surface area contributed by atoms with E-state index in [1.54, 1.807) is 22.8 Å². The van der Waals surface area contributed by atoms with E-state index in [1.165, 1.54) is 0 Å². The lowest BCUT2D eigenvalue weighted by Gasteiger charge is -2.21. The number of halogens is 1. The zero-order valence-electron chi connectivity index (χ0n) is 16.7. The van der Waals surface area contributed by atoms with E-state index in [2.05, 4.69) is 18.6 Å². The van der Waals surface area contributed by atoms with Gasteiger partial charge in [0.05, 0.1) is 6.26 Å². The summed E-state index contributed by atoms with van der Waals surface area (Å²) in [5, 5.41) is 1.22. The van der Waals surface area contributed by atoms with Crippen LogP contribution in [0.5, 0.6) is 0 Å². The van der Waals surface area contributed by atoms with Crippen LogP contribution in [0.15, 0.2) is 53.3 Å². The molecular formula is C21H26ClN3O3S. The predicted octanol–water partition coefficient (Wildman–Crippen LogP) is 3.58. The summed E-state index contributed by atoms with van der Waals surface area (Å²) in [6.07, 6.45) is 1.10. The van der Waals surface area contributed by atoms with Crippen LogP contribution < -0.4 is 16.0 Å². The summed E-state index contributed by atoms with van der Waals surface area (Å²) in [5.41, 5.74) is 8.92. The van der Waals surface area contributed by atoms with E-state index < -0.39 is 10.0 Å². The molecule has 0 radical (unpaired) electrons. The summed E-state index contributed by atoms with van der Waals surface area (Å²) in [6.45, 7) is 4.87. The van der Waals surface area contributed by atoms with Crippen LogP contribution in [0.4, 0.5) is 5.69 Å². The van der Waals surface area contributed by atoms with Gasteiger partial charge in [-0.3, -0.25) is 9.52 Å². The summed E-state index contributed by atoms with van der Waals surface area (Å²) in [4.78, 5) is 13.2. The Labute approximate surface area is 177 Å². The minimum atomic E-state index is -3.43. The minimum absolute atomic E-state index is 0. The minimum Gasteiger partial charge on any atom is -0.325 e. The maximum Gasteiger partial charge on any atom is 0.258 e. The normalized spacial score (nSPS) is 11.5. The SMILES string of the molecule is CC(C)Cn1c(CN)c(-c2ccccc2)c2cc(NS(C)(=O)=O)ccc2c1=O.Cl. The molecule has 6 nitrogen and oxygen atoms in total. The number of nitrogens with zero attached hydrogens (tertiary/aromatic N) is 1. The Morgan fingerprint density at radius 2 is 1.72 bits per heavy atom. The second-order valence-electron chi connectivity index (χ2n) is 7.34. The lowest BCUT2D eigenvalue weighted by atomic mass is 9.96. The molecule has 1 aromatic heterocycles. The molecule has 3 N–H and O–H groups in total. The fraction of sp³-hybridized carbons (Fsp3) is 0.286. The van der Waals surface area contributed by atoms with Crippen LogP contribution in [0.2, 0.25) is 0 Å². The Balaban J connectivity index is 0.00000300. The topological polar surface area (TPSA) is 94.2 Å². The molecule has 0 spiro atoms. The van der Waals surface area contributed by atoms with Crippen molar-refractivity contribution in [2.24, 2.45) is 11.7 Å². The van der Waals surface area contributed by atoms with Gasteiger partial charge >= 0.3 is 0 Å². The van der Waals surface area contributed by atoms with Gasteiger partial charge in [-0.25, -0.2) is 8.42 Å². The van der Waals surface area contributed by atoms with Crippen LogP contribution in [0.3, 0.4) is 0 Å². The number of anilines is 1. The lowest BCUT2D eigenvalue weighted by Crippen LogP contribution is -2.28. The number of benzene rings is 2. The molecule has 0 fully saturated rings. The highest BCUT2D eigenvalue weighted by molar-refractivity contribution is 7.92. The third kappa shape index (κ3) is 4.98. The van der Waals surface area contributed by atoms with Crippen LogP contribution in [-0.2, 0) is 23.1 Å². The van der Waals surface area contributed by atoms with Crippen LogP contribution in [0.25, 0.3) is 21.9 Å². The number of nitrogens with one attached hydrogen (secondary N) is 1. The molecule has 0 aliphatic carbocycles. The highest BCUT2D eigenvalue weighted by atomic mass is 35.5. The number of nitrogens with two attached hydrogens (primary N) is 1. The molecule has 0 saturated heterocycles. The average Bonchev–Trinajstić information content (AvgIpc) is 2.62. The first-order valence-electron chi connectivity index (χ1n) is 9.14. The van der Waals surface area contributed by atoms with Gasteiger partial charge in [0.15, 0.2) is 0 Å². The molecule has 29 heavy (non-hydrogen) atoms. The molecule has 0 bridgehead atoms. The van der Waals surface area contributed by atoms with Crippen LogP contribution in [-0.4, -0.2) is 19.2 Å². The molecule has 0 aliphatic heterocycles. The summed E-state index contributed by atoms with van der Waals surface area (Å²) in [6, 6.07) is 14.7. The van der Waals surface area contributed by atoms with E-state index >= 15 is 0 Å². The van der Waals surface area contributed by atoms with Gasteiger partial charge in [0.2, 0.25) is 10.0 Å². The number of fused-ring (bicyclic) bond motifs is 1. The summed E-state index contributed by atoms with van der Waals surface area (Å²) in [5.74, 6) is 0.273. The molecule has 0 aliphatic rings. The summed E-state index contributed by atoms with van der Waals surface area (Å²) >= 11 is 0. The Kier molecular flexibility index (Phi) is 7.11. The molecular weight excluding hydrogens is 410 g/mol. The summed E-state index contributed by atoms with van der Waals surface area (Å²) in [7, 11) is -3.43. The van der Waals surface area contributed by atoms with Crippen molar-refractivity contribution in [2.75, 3.05) is 11.0 Å². The van der Waals surface area contributed by atoms with Gasteiger partial charge in [0.1, 0.15) is 0 Å². The Bertz CT molecular complexity index is 1170. The highest BCUT2D eigenvalue weighted by Gasteiger charge is 2.18. The average molecular weight is 436 g/mol. The van der Waals surface area contributed by atoms with Gasteiger partial charge in [-0.15, -0.1) is 12.4 Å². The zero-order chi connectivity index (χ0) is 20.5. The molecule has 2 aromatic carbocycles. The third-order valence-corrected chi connectivity index (χ3v) is 5.09. The second kappa shape index (κ2) is 8.98. The number of aromatic nitrogens is 1.